The predicted molar refractivity (Wildman–Crippen MR) is 69.9 cm³/mol. The molecule has 1 aromatic carbocycles. The monoisotopic (exact) mass is 249 g/mol. The first-order valence-electron chi connectivity index (χ1n) is 6.65. The largest absolute Gasteiger partial charge is 0.311 e. The van der Waals surface area contributed by atoms with Gasteiger partial charge in [0.05, 0.1) is 0 Å². The smallest absolute Gasteiger partial charge is 0.123 e. The van der Waals surface area contributed by atoms with Gasteiger partial charge in [-0.3, -0.25) is 4.90 Å². The van der Waals surface area contributed by atoms with Crippen LogP contribution in [0.1, 0.15) is 17.2 Å². The molecule has 2 aliphatic heterocycles. The number of rotatable bonds is 1. The van der Waals surface area contributed by atoms with Gasteiger partial charge in [0.15, 0.2) is 0 Å². The van der Waals surface area contributed by atoms with Crippen LogP contribution in [0.15, 0.2) is 18.2 Å². The molecule has 98 valence electrons. The van der Waals surface area contributed by atoms with E-state index in [1.807, 2.05) is 6.07 Å². The molecule has 0 spiro atoms. The highest BCUT2D eigenvalue weighted by molar-refractivity contribution is 5.33. The Morgan fingerprint density at radius 3 is 2.78 bits per heavy atom. The average Bonchev–Trinajstić information content (AvgIpc) is 2.39. The minimum atomic E-state index is -0.116. The summed E-state index contributed by atoms with van der Waals surface area (Å²) in [5, 5.41) is 3.44. The molecule has 0 radical (unpaired) electrons. The highest BCUT2D eigenvalue weighted by Gasteiger charge is 2.27. The molecule has 3 nitrogen and oxygen atoms in total. The van der Waals surface area contributed by atoms with Crippen LogP contribution in [-0.4, -0.2) is 49.6 Å². The van der Waals surface area contributed by atoms with E-state index >= 15 is 0 Å². The first kappa shape index (κ1) is 12.1. The summed E-state index contributed by atoms with van der Waals surface area (Å²) in [6.07, 6.45) is 0. The second kappa shape index (κ2) is 4.96. The molecule has 18 heavy (non-hydrogen) atoms. The lowest BCUT2D eigenvalue weighted by Gasteiger charge is -2.40. The standard InChI is InChI=1S/C14H20FN3/c1-17-4-6-18(7-5-17)14-10-16-9-11-2-3-12(15)8-13(11)14/h2-3,8,14,16H,4-7,9-10H2,1H3/t14-/m0/s1. The third kappa shape index (κ3) is 2.28. The molecule has 1 atom stereocenters. The molecule has 1 N–H and O–H groups in total. The van der Waals surface area contributed by atoms with Crippen LogP contribution in [0.5, 0.6) is 0 Å². The molecule has 1 aromatic rings. The van der Waals surface area contributed by atoms with E-state index < -0.39 is 0 Å². The molecule has 0 unspecified atom stereocenters. The topological polar surface area (TPSA) is 18.5 Å². The number of hydrogen-bond donors (Lipinski definition) is 1. The van der Waals surface area contributed by atoms with Crippen LogP contribution in [-0.2, 0) is 6.54 Å². The van der Waals surface area contributed by atoms with Gasteiger partial charge in [0.2, 0.25) is 0 Å². The molecule has 0 amide bonds. The van der Waals surface area contributed by atoms with Gasteiger partial charge in [0.25, 0.3) is 0 Å². The minimum absolute atomic E-state index is 0.116. The van der Waals surface area contributed by atoms with Crippen molar-refractivity contribution in [3.8, 4) is 0 Å². The molecule has 2 aliphatic rings. The van der Waals surface area contributed by atoms with E-state index in [0.29, 0.717) is 6.04 Å². The zero-order chi connectivity index (χ0) is 12.5. The van der Waals surface area contributed by atoms with Crippen LogP contribution in [0, 0.1) is 5.82 Å². The third-order valence-electron chi connectivity index (χ3n) is 4.10. The van der Waals surface area contributed by atoms with E-state index in [9.17, 15) is 4.39 Å². The predicted octanol–water partition coefficient (Wildman–Crippen LogP) is 1.22. The van der Waals surface area contributed by atoms with E-state index in [2.05, 4.69) is 22.2 Å². The fourth-order valence-corrected chi connectivity index (χ4v) is 2.95. The lowest BCUT2D eigenvalue weighted by molar-refractivity contribution is 0.106. The summed E-state index contributed by atoms with van der Waals surface area (Å²) in [4.78, 5) is 4.82. The van der Waals surface area contributed by atoms with Crippen molar-refractivity contribution < 1.29 is 4.39 Å². The lowest BCUT2D eigenvalue weighted by Crippen LogP contribution is -2.49. The summed E-state index contributed by atoms with van der Waals surface area (Å²) in [6.45, 7) is 6.12. The number of likely N-dealkylation sites (N-methyl/N-ethyl adjacent to an activating group) is 1. The zero-order valence-corrected chi connectivity index (χ0v) is 10.8. The first-order valence-corrected chi connectivity index (χ1v) is 6.65. The first-order chi connectivity index (χ1) is 8.74. The number of nitrogens with zero attached hydrogens (tertiary/aromatic N) is 2. The zero-order valence-electron chi connectivity index (χ0n) is 10.8. The number of piperazine rings is 1. The second-order valence-electron chi connectivity index (χ2n) is 5.33. The summed E-state index contributed by atoms with van der Waals surface area (Å²) in [7, 11) is 2.16. The molecule has 1 fully saturated rings. The highest BCUT2D eigenvalue weighted by Crippen LogP contribution is 2.28. The molecule has 0 bridgehead atoms. The molecule has 1 saturated heterocycles. The van der Waals surface area contributed by atoms with E-state index in [1.54, 1.807) is 12.1 Å². The molecule has 3 rings (SSSR count). The summed E-state index contributed by atoms with van der Waals surface area (Å²) < 4.78 is 13.5. The van der Waals surface area contributed by atoms with Gasteiger partial charge in [0, 0.05) is 45.3 Å². The van der Waals surface area contributed by atoms with Gasteiger partial charge in [-0.1, -0.05) is 6.07 Å². The fraction of sp³-hybridized carbons (Fsp3) is 0.571. The van der Waals surface area contributed by atoms with Crippen LogP contribution in [0.3, 0.4) is 0 Å². The molecule has 0 aliphatic carbocycles. The van der Waals surface area contributed by atoms with Crippen molar-refractivity contribution in [2.75, 3.05) is 39.8 Å². The van der Waals surface area contributed by atoms with E-state index in [-0.39, 0.29) is 5.82 Å². The fourth-order valence-electron chi connectivity index (χ4n) is 2.95. The molecule has 4 heteroatoms. The van der Waals surface area contributed by atoms with Crippen molar-refractivity contribution in [2.24, 2.45) is 0 Å². The molecular formula is C14H20FN3. The summed E-state index contributed by atoms with van der Waals surface area (Å²) in [6, 6.07) is 5.53. The van der Waals surface area contributed by atoms with Gasteiger partial charge < -0.3 is 10.2 Å². The van der Waals surface area contributed by atoms with Crippen LogP contribution in [0.4, 0.5) is 4.39 Å². The maximum atomic E-state index is 13.5. The maximum Gasteiger partial charge on any atom is 0.123 e. The number of halogens is 1. The second-order valence-corrected chi connectivity index (χ2v) is 5.33. The number of fused-ring (bicyclic) bond motifs is 1. The quantitative estimate of drug-likeness (QED) is 0.807. The van der Waals surface area contributed by atoms with Gasteiger partial charge in [-0.05, 0) is 30.3 Å². The Labute approximate surface area is 108 Å². The van der Waals surface area contributed by atoms with Crippen LogP contribution in [0.2, 0.25) is 0 Å². The molecular weight excluding hydrogens is 229 g/mol. The number of benzene rings is 1. The molecule has 0 saturated carbocycles. The van der Waals surface area contributed by atoms with Gasteiger partial charge in [0.1, 0.15) is 5.82 Å². The summed E-state index contributed by atoms with van der Waals surface area (Å²) in [5.74, 6) is -0.116. The Hall–Kier alpha value is -0.970. The molecule has 0 aromatic heterocycles. The van der Waals surface area contributed by atoms with E-state index in [4.69, 9.17) is 0 Å². The Balaban J connectivity index is 1.84. The van der Waals surface area contributed by atoms with Gasteiger partial charge in [-0.25, -0.2) is 4.39 Å². The summed E-state index contributed by atoms with van der Waals surface area (Å²) >= 11 is 0. The Kier molecular flexibility index (Phi) is 3.33. The maximum absolute atomic E-state index is 13.5. The lowest BCUT2D eigenvalue weighted by atomic mass is 9.95. The highest BCUT2D eigenvalue weighted by atomic mass is 19.1. The Morgan fingerprint density at radius 2 is 2.00 bits per heavy atom. The van der Waals surface area contributed by atoms with Crippen molar-refractivity contribution in [1.82, 2.24) is 15.1 Å². The van der Waals surface area contributed by atoms with Crippen molar-refractivity contribution in [3.05, 3.63) is 35.1 Å². The normalized spacial score (nSPS) is 26.0. The van der Waals surface area contributed by atoms with E-state index in [0.717, 1.165) is 39.3 Å². The van der Waals surface area contributed by atoms with Gasteiger partial charge in [-0.2, -0.15) is 0 Å². The van der Waals surface area contributed by atoms with Crippen molar-refractivity contribution in [3.63, 3.8) is 0 Å². The number of hydrogen-bond acceptors (Lipinski definition) is 3. The number of nitrogens with one attached hydrogen (secondary N) is 1. The third-order valence-corrected chi connectivity index (χ3v) is 4.10. The Morgan fingerprint density at radius 1 is 1.22 bits per heavy atom. The van der Waals surface area contributed by atoms with Crippen molar-refractivity contribution in [2.45, 2.75) is 12.6 Å². The summed E-state index contributed by atoms with van der Waals surface area (Å²) in [5.41, 5.74) is 2.42. The Bertz CT molecular complexity index is 427. The average molecular weight is 249 g/mol. The van der Waals surface area contributed by atoms with Crippen molar-refractivity contribution >= 4 is 0 Å². The van der Waals surface area contributed by atoms with Crippen LogP contribution < -0.4 is 5.32 Å². The molecule has 2 heterocycles. The van der Waals surface area contributed by atoms with Crippen molar-refractivity contribution in [1.29, 1.82) is 0 Å². The minimum Gasteiger partial charge on any atom is -0.311 e. The SMILES string of the molecule is CN1CCN([C@H]2CNCc3ccc(F)cc32)CC1. The van der Waals surface area contributed by atoms with Crippen LogP contribution in [0.25, 0.3) is 0 Å². The van der Waals surface area contributed by atoms with Crippen LogP contribution >= 0.6 is 0 Å². The van der Waals surface area contributed by atoms with Gasteiger partial charge >= 0.3 is 0 Å². The van der Waals surface area contributed by atoms with Gasteiger partial charge in [-0.15, -0.1) is 0 Å². The van der Waals surface area contributed by atoms with E-state index in [1.165, 1.54) is 11.1 Å².